The number of ketones is 1. The summed E-state index contributed by atoms with van der Waals surface area (Å²) in [6.45, 7) is 6.10. The first-order chi connectivity index (χ1) is 13.9. The van der Waals surface area contributed by atoms with Crippen LogP contribution in [0.5, 0.6) is 5.75 Å². The van der Waals surface area contributed by atoms with Crippen LogP contribution >= 0.6 is 11.8 Å². The first-order valence-electron chi connectivity index (χ1n) is 10.3. The fourth-order valence-corrected chi connectivity index (χ4v) is 5.28. The Balaban J connectivity index is 1.54. The maximum Gasteiger partial charge on any atom is 0.262 e. The van der Waals surface area contributed by atoms with Gasteiger partial charge in [-0.1, -0.05) is 31.0 Å². The molecule has 1 aromatic heterocycles. The molecule has 0 unspecified atom stereocenters. The van der Waals surface area contributed by atoms with E-state index in [1.54, 1.807) is 18.2 Å². The normalized spacial score (nSPS) is 18.0. The third kappa shape index (κ3) is 4.06. The molecule has 6 nitrogen and oxygen atoms in total. The molecule has 1 aliphatic heterocycles. The lowest BCUT2D eigenvalue weighted by Gasteiger charge is -2.26. The number of carbonyl (C=O) groups excluding carboxylic acids is 2. The molecule has 1 aromatic carbocycles. The number of aryl methyl sites for hydroxylation is 1. The van der Waals surface area contributed by atoms with Gasteiger partial charge in [0.15, 0.2) is 17.5 Å². The van der Waals surface area contributed by atoms with Crippen molar-refractivity contribution in [2.45, 2.75) is 69.3 Å². The highest BCUT2D eigenvalue weighted by Gasteiger charge is 2.26. The number of Topliss-reactive ketones (excluding diaryl/α,β-unsaturated/α-hetero) is 1. The summed E-state index contributed by atoms with van der Waals surface area (Å²) >= 11 is 1.52. The molecule has 4 rings (SSSR count). The van der Waals surface area contributed by atoms with Gasteiger partial charge in [0.25, 0.3) is 5.91 Å². The smallest absolute Gasteiger partial charge is 0.262 e. The second-order valence-corrected chi connectivity index (χ2v) is 9.21. The predicted octanol–water partition coefficient (Wildman–Crippen LogP) is 4.70. The van der Waals surface area contributed by atoms with Gasteiger partial charge in [-0.25, -0.2) is 4.98 Å². The standard InChI is InChI=1S/C22H27N3O3S/c1-13-14(2)25(17-7-5-4-6-8-17)22(23-13)29-15(3)21(27)16-9-10-19-18(11-16)24-20(26)12-28-19/h9-11,15,17H,4-8,12H2,1-3H3,(H,24,26)/t15-/m1/s1. The SMILES string of the molecule is Cc1nc(S[C@H](C)C(=O)c2ccc3c(c2)NC(=O)CO3)n(C2CCCCC2)c1C. The Morgan fingerprint density at radius 2 is 2.03 bits per heavy atom. The van der Waals surface area contributed by atoms with E-state index < -0.39 is 0 Å². The molecule has 2 aliphatic rings. The average Bonchev–Trinajstić information content (AvgIpc) is 3.00. The zero-order chi connectivity index (χ0) is 20.5. The van der Waals surface area contributed by atoms with Gasteiger partial charge in [0, 0.05) is 17.3 Å². The third-order valence-electron chi connectivity index (χ3n) is 5.84. The Labute approximate surface area is 175 Å². The second-order valence-electron chi connectivity index (χ2n) is 7.90. The van der Waals surface area contributed by atoms with Crippen LogP contribution in [0.3, 0.4) is 0 Å². The second kappa shape index (κ2) is 8.22. The summed E-state index contributed by atoms with van der Waals surface area (Å²) in [6, 6.07) is 5.69. The van der Waals surface area contributed by atoms with Gasteiger partial charge in [0.1, 0.15) is 5.75 Å². The summed E-state index contributed by atoms with van der Waals surface area (Å²) in [5.74, 6) is 0.414. The molecule has 0 radical (unpaired) electrons. The van der Waals surface area contributed by atoms with Gasteiger partial charge < -0.3 is 14.6 Å². The monoisotopic (exact) mass is 413 g/mol. The number of thioether (sulfide) groups is 1. The number of hydrogen-bond acceptors (Lipinski definition) is 5. The molecule has 0 saturated heterocycles. The van der Waals surface area contributed by atoms with Crippen molar-refractivity contribution in [2.24, 2.45) is 0 Å². The minimum absolute atomic E-state index is 0.00900. The van der Waals surface area contributed by atoms with E-state index in [4.69, 9.17) is 9.72 Å². The van der Waals surface area contributed by atoms with E-state index in [0.29, 0.717) is 23.0 Å². The zero-order valence-electron chi connectivity index (χ0n) is 17.2. The molecule has 1 amide bonds. The van der Waals surface area contributed by atoms with E-state index in [2.05, 4.69) is 16.8 Å². The van der Waals surface area contributed by atoms with Crippen molar-refractivity contribution < 1.29 is 14.3 Å². The molecule has 1 saturated carbocycles. The third-order valence-corrected chi connectivity index (χ3v) is 6.91. The molecule has 1 aliphatic carbocycles. The van der Waals surface area contributed by atoms with Gasteiger partial charge in [-0.2, -0.15) is 0 Å². The average molecular weight is 414 g/mol. The van der Waals surface area contributed by atoms with Crippen molar-refractivity contribution in [3.05, 3.63) is 35.2 Å². The fourth-order valence-electron chi connectivity index (χ4n) is 4.13. The van der Waals surface area contributed by atoms with Crippen LogP contribution in [0.25, 0.3) is 0 Å². The van der Waals surface area contributed by atoms with Crippen LogP contribution in [0.15, 0.2) is 23.4 Å². The van der Waals surface area contributed by atoms with Gasteiger partial charge in [0.2, 0.25) is 0 Å². The number of aromatic nitrogens is 2. The molecule has 7 heteroatoms. The van der Waals surface area contributed by atoms with Crippen LogP contribution in [0.2, 0.25) is 0 Å². The predicted molar refractivity (Wildman–Crippen MR) is 114 cm³/mol. The highest BCUT2D eigenvalue weighted by atomic mass is 32.2. The quantitative estimate of drug-likeness (QED) is 0.568. The number of anilines is 1. The maximum absolute atomic E-state index is 13.1. The summed E-state index contributed by atoms with van der Waals surface area (Å²) in [6.07, 6.45) is 6.17. The largest absolute Gasteiger partial charge is 0.482 e. The van der Waals surface area contributed by atoms with Crippen LogP contribution in [0.1, 0.15) is 66.8 Å². The van der Waals surface area contributed by atoms with Crippen LogP contribution in [0.4, 0.5) is 5.69 Å². The van der Waals surface area contributed by atoms with Gasteiger partial charge in [-0.15, -0.1) is 0 Å². The van der Waals surface area contributed by atoms with E-state index in [1.165, 1.54) is 49.6 Å². The van der Waals surface area contributed by atoms with Crippen molar-refractivity contribution in [1.29, 1.82) is 0 Å². The molecular weight excluding hydrogens is 386 g/mol. The van der Waals surface area contributed by atoms with Gasteiger partial charge >= 0.3 is 0 Å². The Hall–Kier alpha value is -2.28. The fraction of sp³-hybridized carbons (Fsp3) is 0.500. The van der Waals surface area contributed by atoms with E-state index in [0.717, 1.165) is 10.9 Å². The number of imidazole rings is 1. The summed E-state index contributed by atoms with van der Waals surface area (Å²) < 4.78 is 7.73. The lowest BCUT2D eigenvalue weighted by molar-refractivity contribution is -0.118. The first kappa shape index (κ1) is 20.0. The highest BCUT2D eigenvalue weighted by Crippen LogP contribution is 2.36. The zero-order valence-corrected chi connectivity index (χ0v) is 18.0. The maximum atomic E-state index is 13.1. The van der Waals surface area contributed by atoms with E-state index in [-0.39, 0.29) is 23.5 Å². The van der Waals surface area contributed by atoms with Crippen molar-refractivity contribution in [3.8, 4) is 5.75 Å². The number of carbonyl (C=O) groups is 2. The van der Waals surface area contributed by atoms with Gasteiger partial charge in [-0.3, -0.25) is 9.59 Å². The molecule has 2 aromatic rings. The summed E-state index contributed by atoms with van der Waals surface area (Å²) in [4.78, 5) is 29.4. The summed E-state index contributed by atoms with van der Waals surface area (Å²) in [5, 5.41) is 3.42. The van der Waals surface area contributed by atoms with Crippen LogP contribution < -0.4 is 10.1 Å². The Bertz CT molecular complexity index is 947. The van der Waals surface area contributed by atoms with Crippen molar-refractivity contribution in [1.82, 2.24) is 9.55 Å². The van der Waals surface area contributed by atoms with Crippen LogP contribution in [-0.4, -0.2) is 33.1 Å². The van der Waals surface area contributed by atoms with Gasteiger partial charge in [0.05, 0.1) is 16.6 Å². The minimum Gasteiger partial charge on any atom is -0.482 e. The van der Waals surface area contributed by atoms with E-state index in [9.17, 15) is 9.59 Å². The first-order valence-corrected chi connectivity index (χ1v) is 11.1. The number of benzene rings is 1. The van der Waals surface area contributed by atoms with Crippen molar-refractivity contribution >= 4 is 29.1 Å². The van der Waals surface area contributed by atoms with E-state index >= 15 is 0 Å². The molecule has 1 N–H and O–H groups in total. The highest BCUT2D eigenvalue weighted by molar-refractivity contribution is 8.00. The molecule has 0 bridgehead atoms. The number of fused-ring (bicyclic) bond motifs is 1. The number of amides is 1. The lowest BCUT2D eigenvalue weighted by Crippen LogP contribution is -2.26. The molecule has 2 heterocycles. The molecule has 1 atom stereocenters. The van der Waals surface area contributed by atoms with Crippen LogP contribution in [-0.2, 0) is 4.79 Å². The topological polar surface area (TPSA) is 73.2 Å². The molecule has 0 spiro atoms. The number of hydrogen-bond donors (Lipinski definition) is 1. The molecule has 154 valence electrons. The number of rotatable bonds is 5. The molecular formula is C22H27N3O3S. The van der Waals surface area contributed by atoms with Gasteiger partial charge in [-0.05, 0) is 51.8 Å². The summed E-state index contributed by atoms with van der Waals surface area (Å²) in [7, 11) is 0. The van der Waals surface area contributed by atoms with Crippen molar-refractivity contribution in [2.75, 3.05) is 11.9 Å². The van der Waals surface area contributed by atoms with Crippen LogP contribution in [0, 0.1) is 13.8 Å². The number of nitrogens with one attached hydrogen (secondary N) is 1. The Morgan fingerprint density at radius 1 is 1.28 bits per heavy atom. The van der Waals surface area contributed by atoms with E-state index in [1.807, 2.05) is 13.8 Å². The summed E-state index contributed by atoms with van der Waals surface area (Å²) in [5.41, 5.74) is 3.36. The Kier molecular flexibility index (Phi) is 5.67. The minimum atomic E-state index is -0.281. The van der Waals surface area contributed by atoms with Crippen molar-refractivity contribution in [3.63, 3.8) is 0 Å². The molecule has 1 fully saturated rings. The number of ether oxygens (including phenoxy) is 1. The number of nitrogens with zero attached hydrogens (tertiary/aromatic N) is 2. The Morgan fingerprint density at radius 3 is 2.79 bits per heavy atom. The lowest BCUT2D eigenvalue weighted by atomic mass is 9.95. The molecule has 29 heavy (non-hydrogen) atoms.